The van der Waals surface area contributed by atoms with Crippen molar-refractivity contribution < 1.29 is 25.2 Å². The molecule has 0 amide bonds. The molecular formula is C10H8Cl2N2O6-2. The van der Waals surface area contributed by atoms with Crippen LogP contribution in [0.3, 0.4) is 0 Å². The normalized spacial score (nSPS) is 17.3. The van der Waals surface area contributed by atoms with Gasteiger partial charge in [-0.2, -0.15) is 4.90 Å². The van der Waals surface area contributed by atoms with E-state index in [-0.39, 0.29) is 5.57 Å². The largest absolute Gasteiger partial charge is 0.874 e. The third kappa shape index (κ3) is 3.23. The van der Waals surface area contributed by atoms with Gasteiger partial charge in [0.15, 0.2) is 5.78 Å². The van der Waals surface area contributed by atoms with E-state index in [1.807, 2.05) is 0 Å². The van der Waals surface area contributed by atoms with Crippen LogP contribution in [0.4, 0.5) is 0 Å². The third-order valence-corrected chi connectivity index (χ3v) is 2.86. The minimum absolute atomic E-state index is 0.343. The molecule has 1 aliphatic carbocycles. The second kappa shape index (κ2) is 6.62. The van der Waals surface area contributed by atoms with Gasteiger partial charge in [0.1, 0.15) is 5.70 Å². The summed E-state index contributed by atoms with van der Waals surface area (Å²) in [5, 5.41) is 50.9. The molecule has 110 valence electrons. The average Bonchev–Trinajstić information content (AvgIpc) is 2.43. The van der Waals surface area contributed by atoms with Crippen molar-refractivity contribution in [1.29, 1.82) is 0 Å². The van der Waals surface area contributed by atoms with E-state index >= 15 is 0 Å². The standard InChI is InChI=1S/C10H9Cl2N2O6/c11-3-9(15)5-1-6(10(16)4-12)8(14(19)20)2-7(5)13(17)18/h1-2,17-18H,3-4H2,(H-,15,16,19,20)/q-1/p-1. The van der Waals surface area contributed by atoms with Gasteiger partial charge in [0.05, 0.1) is 11.5 Å². The van der Waals surface area contributed by atoms with E-state index in [1.165, 1.54) is 0 Å². The third-order valence-electron chi connectivity index (χ3n) is 2.37. The first-order chi connectivity index (χ1) is 9.33. The van der Waals surface area contributed by atoms with Gasteiger partial charge < -0.3 is 15.5 Å². The van der Waals surface area contributed by atoms with Crippen molar-refractivity contribution in [1.82, 2.24) is 5.23 Å². The molecule has 0 fully saturated rings. The number of ketones is 1. The number of hydrogen-bond donors (Lipinski definition) is 2. The van der Waals surface area contributed by atoms with Gasteiger partial charge in [0.2, 0.25) is 5.71 Å². The highest BCUT2D eigenvalue weighted by Crippen LogP contribution is 2.25. The Morgan fingerprint density at radius 3 is 2.25 bits per heavy atom. The Morgan fingerprint density at radius 1 is 1.25 bits per heavy atom. The topological polar surface area (TPSA) is 133 Å². The van der Waals surface area contributed by atoms with Crippen molar-refractivity contribution in [2.45, 2.75) is 0 Å². The average molecular weight is 323 g/mol. The van der Waals surface area contributed by atoms with Crippen LogP contribution in [0.25, 0.3) is 0 Å². The molecule has 0 bridgehead atoms. The van der Waals surface area contributed by atoms with Gasteiger partial charge in [-0.3, -0.25) is 15.2 Å². The lowest BCUT2D eigenvalue weighted by Gasteiger charge is -2.24. The van der Waals surface area contributed by atoms with Crippen molar-refractivity contribution in [3.8, 4) is 0 Å². The fourth-order valence-electron chi connectivity index (χ4n) is 1.48. The predicted molar refractivity (Wildman–Crippen MR) is 67.1 cm³/mol. The Balaban J connectivity index is 3.55. The van der Waals surface area contributed by atoms with E-state index in [2.05, 4.69) is 0 Å². The zero-order valence-electron chi connectivity index (χ0n) is 9.75. The maximum absolute atomic E-state index is 11.6. The van der Waals surface area contributed by atoms with Crippen LogP contribution in [0.5, 0.6) is 0 Å². The van der Waals surface area contributed by atoms with Gasteiger partial charge in [-0.15, -0.1) is 34.2 Å². The first kappa shape index (κ1) is 16.3. The zero-order chi connectivity index (χ0) is 15.4. The maximum Gasteiger partial charge on any atom is 0.235 e. The Bertz CT molecular complexity index is 546. The van der Waals surface area contributed by atoms with Gasteiger partial charge in [-0.1, -0.05) is 0 Å². The van der Waals surface area contributed by atoms with Gasteiger partial charge in [-0.25, -0.2) is 0 Å². The number of halogens is 2. The number of alkyl halides is 2. The first-order valence-corrected chi connectivity index (χ1v) is 6.09. The van der Waals surface area contributed by atoms with Crippen molar-refractivity contribution in [3.05, 3.63) is 45.2 Å². The summed E-state index contributed by atoms with van der Waals surface area (Å²) in [5.41, 5.74) is -2.02. The molecule has 0 heterocycles. The number of hydroxylamine groups is 2. The summed E-state index contributed by atoms with van der Waals surface area (Å²) in [6.45, 7) is 0. The summed E-state index contributed by atoms with van der Waals surface area (Å²) in [6.07, 6.45) is 1.54. The molecule has 0 aromatic rings. The van der Waals surface area contributed by atoms with Crippen molar-refractivity contribution in [2.24, 2.45) is 0 Å². The summed E-state index contributed by atoms with van der Waals surface area (Å²) in [5.74, 6) is -2.56. The fourth-order valence-corrected chi connectivity index (χ4v) is 1.77. The molecule has 1 rings (SSSR count). The summed E-state index contributed by atoms with van der Waals surface area (Å²) in [7, 11) is 0. The van der Waals surface area contributed by atoms with E-state index in [1.54, 1.807) is 0 Å². The van der Waals surface area contributed by atoms with Crippen LogP contribution < -0.4 is 5.11 Å². The van der Waals surface area contributed by atoms with Crippen LogP contribution in [-0.4, -0.2) is 43.8 Å². The lowest BCUT2D eigenvalue weighted by atomic mass is 9.94. The summed E-state index contributed by atoms with van der Waals surface area (Å²) in [6, 6.07) is 0. The smallest absolute Gasteiger partial charge is 0.235 e. The number of carbonyl (C=O) groups is 1. The Hall–Kier alpha value is -1.74. The SMILES string of the molecule is O=C(CCl)C1=CC(=C([O-])CCl)C(N(O)O)=CC1=[N+]([O-])[O-]. The molecule has 0 aromatic heterocycles. The van der Waals surface area contributed by atoms with Crippen LogP contribution >= 0.6 is 23.2 Å². The van der Waals surface area contributed by atoms with E-state index in [9.17, 15) is 20.3 Å². The highest BCUT2D eigenvalue weighted by Gasteiger charge is 2.28. The van der Waals surface area contributed by atoms with Crippen molar-refractivity contribution in [2.75, 3.05) is 11.8 Å². The molecule has 0 saturated carbocycles. The highest BCUT2D eigenvalue weighted by atomic mass is 35.5. The van der Waals surface area contributed by atoms with Crippen LogP contribution in [0.2, 0.25) is 0 Å². The van der Waals surface area contributed by atoms with Crippen LogP contribution in [0, 0.1) is 10.4 Å². The lowest BCUT2D eigenvalue weighted by molar-refractivity contribution is -0.377. The van der Waals surface area contributed by atoms with Gasteiger partial charge >= 0.3 is 0 Å². The predicted octanol–water partition coefficient (Wildman–Crippen LogP) is 0.000900. The first-order valence-electron chi connectivity index (χ1n) is 5.02. The quantitative estimate of drug-likeness (QED) is 0.322. The number of nitrogens with zero attached hydrogens (tertiary/aromatic N) is 2. The number of allylic oxidation sites excluding steroid dienone is 4. The van der Waals surface area contributed by atoms with E-state index in [0.29, 0.717) is 6.08 Å². The molecule has 0 aromatic carbocycles. The molecule has 0 spiro atoms. The summed E-state index contributed by atoms with van der Waals surface area (Å²) in [4.78, 5) is 10.7. The van der Waals surface area contributed by atoms with Crippen molar-refractivity contribution >= 4 is 34.7 Å². The van der Waals surface area contributed by atoms with Gasteiger partial charge in [-0.05, 0) is 11.6 Å². The minimum atomic E-state index is -0.901. The Labute approximate surface area is 122 Å². The molecule has 0 saturated heterocycles. The number of carbonyl (C=O) groups excluding carboxylic acids is 1. The van der Waals surface area contributed by atoms with Crippen LogP contribution in [0.1, 0.15) is 0 Å². The monoisotopic (exact) mass is 322 g/mol. The molecule has 8 nitrogen and oxygen atoms in total. The Morgan fingerprint density at radius 2 is 1.85 bits per heavy atom. The molecule has 10 heteroatoms. The van der Waals surface area contributed by atoms with Gasteiger partial charge in [0, 0.05) is 12.0 Å². The number of hydrogen-bond acceptors (Lipinski definition) is 7. The fraction of sp³-hybridized carbons (Fsp3) is 0.200. The van der Waals surface area contributed by atoms with Crippen LogP contribution in [0.15, 0.2) is 34.8 Å². The molecule has 20 heavy (non-hydrogen) atoms. The molecule has 1 aliphatic rings. The number of Topliss-reactive ketones (excluding diaryl/α,β-unsaturated/α-hetero) is 1. The van der Waals surface area contributed by atoms with E-state index in [0.717, 1.165) is 6.08 Å². The molecular weight excluding hydrogens is 315 g/mol. The number of rotatable bonds is 4. The molecule has 0 atom stereocenters. The summed E-state index contributed by atoms with van der Waals surface area (Å²) < 4.78 is 0. The van der Waals surface area contributed by atoms with Gasteiger partial charge in [0.25, 0.3) is 0 Å². The van der Waals surface area contributed by atoms with E-state index < -0.39 is 50.4 Å². The molecule has 2 N–H and O–H groups in total. The minimum Gasteiger partial charge on any atom is -0.874 e. The highest BCUT2D eigenvalue weighted by molar-refractivity contribution is 6.37. The maximum atomic E-state index is 11.6. The van der Waals surface area contributed by atoms with Crippen LogP contribution in [-0.2, 0) is 4.79 Å². The summed E-state index contributed by atoms with van der Waals surface area (Å²) >= 11 is 10.7. The molecule has 0 radical (unpaired) electrons. The zero-order valence-corrected chi connectivity index (χ0v) is 11.3. The van der Waals surface area contributed by atoms with E-state index in [4.69, 9.17) is 33.6 Å². The molecule has 0 aliphatic heterocycles. The lowest BCUT2D eigenvalue weighted by Crippen LogP contribution is -2.28. The Kier molecular flexibility index (Phi) is 5.40. The molecule has 0 unspecified atom stereocenters. The second-order valence-electron chi connectivity index (χ2n) is 3.55. The second-order valence-corrected chi connectivity index (χ2v) is 4.08. The van der Waals surface area contributed by atoms with Crippen molar-refractivity contribution in [3.63, 3.8) is 0 Å².